The van der Waals surface area contributed by atoms with Crippen LogP contribution in [0.25, 0.3) is 22.1 Å². The van der Waals surface area contributed by atoms with E-state index in [2.05, 4.69) is 4.90 Å². The minimum Gasteiger partial charge on any atom is -0.478 e. The fourth-order valence-corrected chi connectivity index (χ4v) is 3.33. The average Bonchev–Trinajstić information content (AvgIpc) is 2.68. The van der Waals surface area contributed by atoms with Crippen LogP contribution in [-0.4, -0.2) is 31.9 Å². The van der Waals surface area contributed by atoms with Crippen molar-refractivity contribution in [3.8, 4) is 16.9 Å². The molecule has 0 unspecified atom stereocenters. The van der Waals surface area contributed by atoms with Crippen LogP contribution in [0, 0.1) is 0 Å². The van der Waals surface area contributed by atoms with Crippen LogP contribution < -0.4 is 10.4 Å². The van der Waals surface area contributed by atoms with E-state index in [0.717, 1.165) is 35.2 Å². The third-order valence-corrected chi connectivity index (χ3v) is 4.65. The summed E-state index contributed by atoms with van der Waals surface area (Å²) in [6, 6.07) is 15.4. The molecule has 2 heterocycles. The molecule has 26 heavy (non-hydrogen) atoms. The van der Waals surface area contributed by atoms with Crippen LogP contribution in [-0.2, 0) is 11.3 Å². The molecule has 0 amide bonds. The van der Waals surface area contributed by atoms with Crippen molar-refractivity contribution in [1.82, 2.24) is 4.90 Å². The monoisotopic (exact) mass is 351 g/mol. The van der Waals surface area contributed by atoms with Gasteiger partial charge in [-0.15, -0.1) is 0 Å². The first kappa shape index (κ1) is 16.8. The molecule has 0 saturated carbocycles. The second-order valence-corrected chi connectivity index (χ2v) is 6.45. The van der Waals surface area contributed by atoms with E-state index in [1.165, 1.54) is 0 Å². The Labute approximate surface area is 151 Å². The highest BCUT2D eigenvalue weighted by Gasteiger charge is 2.21. The fraction of sp³-hybridized carbons (Fsp3) is 0.286. The highest BCUT2D eigenvalue weighted by molar-refractivity contribution is 5.86. The van der Waals surface area contributed by atoms with Crippen molar-refractivity contribution in [3.05, 3.63) is 64.5 Å². The highest BCUT2D eigenvalue weighted by atomic mass is 16.5. The molecule has 0 saturated heterocycles. The summed E-state index contributed by atoms with van der Waals surface area (Å²) in [5, 5.41) is 0.907. The number of ether oxygens (including phenoxy) is 2. The van der Waals surface area contributed by atoms with Gasteiger partial charge in [0.1, 0.15) is 18.1 Å². The topological polar surface area (TPSA) is 51.9 Å². The molecular weight excluding hydrogens is 330 g/mol. The summed E-state index contributed by atoms with van der Waals surface area (Å²) < 4.78 is 16.7. The van der Waals surface area contributed by atoms with Crippen LogP contribution >= 0.6 is 0 Å². The molecule has 2 aromatic carbocycles. The lowest BCUT2D eigenvalue weighted by Gasteiger charge is -2.29. The Hall–Kier alpha value is -2.63. The van der Waals surface area contributed by atoms with Crippen LogP contribution in [0.2, 0.25) is 0 Å². The molecule has 0 bridgehead atoms. The van der Waals surface area contributed by atoms with Crippen molar-refractivity contribution >= 4 is 11.0 Å². The van der Waals surface area contributed by atoms with Crippen molar-refractivity contribution in [2.24, 2.45) is 0 Å². The molecule has 5 nitrogen and oxygen atoms in total. The van der Waals surface area contributed by atoms with Gasteiger partial charge in [0.15, 0.2) is 0 Å². The lowest BCUT2D eigenvalue weighted by Crippen LogP contribution is -2.33. The third kappa shape index (κ3) is 3.23. The molecule has 1 aliphatic heterocycles. The van der Waals surface area contributed by atoms with Gasteiger partial charge in [-0.05, 0) is 30.2 Å². The zero-order valence-corrected chi connectivity index (χ0v) is 14.7. The zero-order chi connectivity index (χ0) is 17.9. The lowest BCUT2D eigenvalue weighted by molar-refractivity contribution is 0.0837. The first-order valence-electron chi connectivity index (χ1n) is 8.75. The summed E-state index contributed by atoms with van der Waals surface area (Å²) in [7, 11) is 1.70. The minimum atomic E-state index is -0.325. The molecule has 1 aromatic heterocycles. The van der Waals surface area contributed by atoms with E-state index in [1.807, 2.05) is 48.5 Å². The summed E-state index contributed by atoms with van der Waals surface area (Å²) >= 11 is 0. The van der Waals surface area contributed by atoms with E-state index in [0.29, 0.717) is 31.0 Å². The number of hydrogen-bond donors (Lipinski definition) is 0. The maximum atomic E-state index is 12.6. The first-order chi connectivity index (χ1) is 12.8. The van der Waals surface area contributed by atoms with Crippen molar-refractivity contribution < 1.29 is 13.9 Å². The Bertz CT molecular complexity index is 965. The van der Waals surface area contributed by atoms with Crippen LogP contribution in [0.4, 0.5) is 0 Å². The third-order valence-electron chi connectivity index (χ3n) is 4.65. The van der Waals surface area contributed by atoms with E-state index in [1.54, 1.807) is 7.11 Å². The Morgan fingerprint density at radius 2 is 2.00 bits per heavy atom. The number of methoxy groups -OCH3 is 1. The number of benzene rings is 2. The van der Waals surface area contributed by atoms with Gasteiger partial charge in [-0.3, -0.25) is 4.90 Å². The van der Waals surface area contributed by atoms with Crippen LogP contribution in [0.15, 0.2) is 57.7 Å². The molecule has 0 spiro atoms. The van der Waals surface area contributed by atoms with Gasteiger partial charge in [0, 0.05) is 32.2 Å². The molecule has 134 valence electrons. The summed E-state index contributed by atoms with van der Waals surface area (Å²) in [5.41, 5.74) is 2.66. The largest absolute Gasteiger partial charge is 0.478 e. The van der Waals surface area contributed by atoms with Crippen molar-refractivity contribution in [3.63, 3.8) is 0 Å². The highest BCUT2D eigenvalue weighted by Crippen LogP contribution is 2.33. The predicted molar refractivity (Wildman–Crippen MR) is 100 cm³/mol. The first-order valence-corrected chi connectivity index (χ1v) is 8.75. The Balaban J connectivity index is 1.72. The van der Waals surface area contributed by atoms with Gasteiger partial charge in [-0.2, -0.15) is 0 Å². The molecule has 4 rings (SSSR count). The molecule has 3 aromatic rings. The predicted octanol–water partition coefficient (Wildman–Crippen LogP) is 3.65. The molecule has 0 fully saturated rings. The number of nitrogens with zero attached hydrogens (tertiary/aromatic N) is 1. The van der Waals surface area contributed by atoms with Crippen molar-refractivity contribution in [2.45, 2.75) is 13.0 Å². The van der Waals surface area contributed by atoms with E-state index >= 15 is 0 Å². The molecule has 1 aliphatic rings. The molecule has 0 atom stereocenters. The normalized spacial score (nSPS) is 14.2. The average molecular weight is 351 g/mol. The summed E-state index contributed by atoms with van der Waals surface area (Å²) in [6.45, 7) is 2.82. The second-order valence-electron chi connectivity index (χ2n) is 6.45. The van der Waals surface area contributed by atoms with Gasteiger partial charge < -0.3 is 13.9 Å². The minimum absolute atomic E-state index is 0.325. The van der Waals surface area contributed by atoms with E-state index in [9.17, 15) is 4.79 Å². The summed E-state index contributed by atoms with van der Waals surface area (Å²) in [5.74, 6) is 0.788. The maximum Gasteiger partial charge on any atom is 0.344 e. The molecule has 0 N–H and O–H groups in total. The van der Waals surface area contributed by atoms with Crippen LogP contribution in [0.5, 0.6) is 5.75 Å². The molecule has 0 radical (unpaired) electrons. The van der Waals surface area contributed by atoms with E-state index < -0.39 is 0 Å². The van der Waals surface area contributed by atoms with Gasteiger partial charge in [0.2, 0.25) is 0 Å². The van der Waals surface area contributed by atoms with Gasteiger partial charge in [0.25, 0.3) is 0 Å². The van der Waals surface area contributed by atoms with E-state index in [4.69, 9.17) is 13.9 Å². The van der Waals surface area contributed by atoms with E-state index in [-0.39, 0.29) is 5.63 Å². The number of rotatable bonds is 5. The Kier molecular flexibility index (Phi) is 4.73. The van der Waals surface area contributed by atoms with Crippen LogP contribution in [0.3, 0.4) is 0 Å². The van der Waals surface area contributed by atoms with Crippen molar-refractivity contribution in [1.29, 1.82) is 0 Å². The van der Waals surface area contributed by atoms with Gasteiger partial charge in [0.05, 0.1) is 11.1 Å². The Morgan fingerprint density at radius 1 is 1.15 bits per heavy atom. The standard InChI is InChI=1S/C21H21NO4/c1-24-11-5-10-22-13-18-19(25-14-22)9-8-16-12-17(21(23)26-20(16)18)15-6-3-2-4-7-15/h2-4,6-9,12H,5,10-11,13-14H2,1H3. The second kappa shape index (κ2) is 7.32. The van der Waals surface area contributed by atoms with Gasteiger partial charge >= 0.3 is 5.63 Å². The quantitative estimate of drug-likeness (QED) is 0.519. The molecular formula is C21H21NO4. The summed E-state index contributed by atoms with van der Waals surface area (Å²) in [6.07, 6.45) is 0.933. The Morgan fingerprint density at radius 3 is 2.81 bits per heavy atom. The summed E-state index contributed by atoms with van der Waals surface area (Å²) in [4.78, 5) is 14.8. The van der Waals surface area contributed by atoms with Gasteiger partial charge in [-0.1, -0.05) is 30.3 Å². The lowest BCUT2D eigenvalue weighted by atomic mass is 10.0. The zero-order valence-electron chi connectivity index (χ0n) is 14.7. The fourth-order valence-electron chi connectivity index (χ4n) is 3.33. The number of fused-ring (bicyclic) bond motifs is 3. The van der Waals surface area contributed by atoms with Crippen LogP contribution in [0.1, 0.15) is 12.0 Å². The van der Waals surface area contributed by atoms with Crippen molar-refractivity contribution in [2.75, 3.05) is 27.0 Å². The number of hydrogen-bond acceptors (Lipinski definition) is 5. The maximum absolute atomic E-state index is 12.6. The van der Waals surface area contributed by atoms with Gasteiger partial charge in [-0.25, -0.2) is 4.79 Å². The molecule has 5 heteroatoms. The SMILES string of the molecule is COCCCN1COc2ccc3cc(-c4ccccc4)c(=O)oc3c2C1. The smallest absolute Gasteiger partial charge is 0.344 e. The molecule has 0 aliphatic carbocycles.